The van der Waals surface area contributed by atoms with Crippen molar-refractivity contribution < 1.29 is 14.4 Å². The lowest BCUT2D eigenvalue weighted by molar-refractivity contribution is -0.140. The van der Waals surface area contributed by atoms with Crippen LogP contribution in [0.25, 0.3) is 0 Å². The number of hydrogen-bond acceptors (Lipinski definition) is 4. The minimum Gasteiger partial charge on any atom is -0.347 e. The average molecular weight is 304 g/mol. The van der Waals surface area contributed by atoms with E-state index in [4.69, 9.17) is 0 Å². The molecule has 22 heavy (non-hydrogen) atoms. The number of benzene rings is 1. The lowest BCUT2D eigenvalue weighted by Crippen LogP contribution is -2.45. The normalized spacial score (nSPS) is 16.6. The van der Waals surface area contributed by atoms with Gasteiger partial charge >= 0.3 is 11.8 Å². The van der Waals surface area contributed by atoms with E-state index in [-0.39, 0.29) is 5.91 Å². The summed E-state index contributed by atoms with van der Waals surface area (Å²) in [4.78, 5) is 39.2. The lowest BCUT2D eigenvalue weighted by atomic mass is 10.1. The Bertz CT molecular complexity index is 600. The van der Waals surface area contributed by atoms with Crippen LogP contribution in [0.1, 0.15) is 11.6 Å². The summed E-state index contributed by atoms with van der Waals surface area (Å²) in [6.07, 6.45) is 0. The van der Waals surface area contributed by atoms with E-state index in [1.165, 1.54) is 4.90 Å². The van der Waals surface area contributed by atoms with Crippen molar-refractivity contribution in [3.63, 3.8) is 0 Å². The Morgan fingerprint density at radius 3 is 2.59 bits per heavy atom. The maximum Gasteiger partial charge on any atom is 0.310 e. The number of fused-ring (bicyclic) bond motifs is 1. The molecular weight excluding hydrogens is 284 g/mol. The summed E-state index contributed by atoms with van der Waals surface area (Å²) in [5, 5.41) is 5.02. The molecule has 0 aliphatic carbocycles. The summed E-state index contributed by atoms with van der Waals surface area (Å²) >= 11 is 0. The number of likely N-dealkylation sites (N-methyl/N-ethyl adjacent to an activating group) is 2. The van der Waals surface area contributed by atoms with E-state index in [2.05, 4.69) is 10.6 Å². The van der Waals surface area contributed by atoms with Crippen molar-refractivity contribution >= 4 is 23.4 Å². The van der Waals surface area contributed by atoms with Gasteiger partial charge in [-0.15, -0.1) is 0 Å². The summed E-state index contributed by atoms with van der Waals surface area (Å²) in [5.41, 5.74) is 1.44. The third kappa shape index (κ3) is 3.25. The summed E-state index contributed by atoms with van der Waals surface area (Å²) in [7, 11) is 5.39. The Balaban J connectivity index is 2.00. The number of hydrogen-bond donors (Lipinski definition) is 2. The minimum atomic E-state index is -0.812. The third-order valence-electron chi connectivity index (χ3n) is 3.51. The predicted octanol–water partition coefficient (Wildman–Crippen LogP) is -0.502. The molecule has 0 aromatic heterocycles. The molecule has 1 atom stereocenters. The quantitative estimate of drug-likeness (QED) is 0.735. The van der Waals surface area contributed by atoms with Gasteiger partial charge in [-0.2, -0.15) is 0 Å². The van der Waals surface area contributed by atoms with Crippen molar-refractivity contribution in [3.05, 3.63) is 29.8 Å². The SMILES string of the molecule is CN(C)CCNC(=O)C(=O)N[C@@H]1C(=O)N(C)c2ccccc21. The number of carbonyl (C=O) groups excluding carboxylic acids is 3. The zero-order valence-electron chi connectivity index (χ0n) is 12.9. The second-order valence-corrected chi connectivity index (χ2v) is 5.42. The highest BCUT2D eigenvalue weighted by atomic mass is 16.2. The predicted molar refractivity (Wildman–Crippen MR) is 82.3 cm³/mol. The van der Waals surface area contributed by atoms with E-state index >= 15 is 0 Å². The van der Waals surface area contributed by atoms with Gasteiger partial charge in [0.05, 0.1) is 0 Å². The number of amides is 3. The number of carbonyl (C=O) groups is 3. The van der Waals surface area contributed by atoms with E-state index in [0.29, 0.717) is 18.7 Å². The molecule has 0 bridgehead atoms. The highest BCUT2D eigenvalue weighted by Crippen LogP contribution is 2.34. The molecule has 1 aliphatic heterocycles. The van der Waals surface area contributed by atoms with Crippen LogP contribution in [0, 0.1) is 0 Å². The average Bonchev–Trinajstić information content (AvgIpc) is 2.72. The molecular formula is C15H20N4O3. The zero-order valence-corrected chi connectivity index (χ0v) is 12.9. The third-order valence-corrected chi connectivity index (χ3v) is 3.51. The van der Waals surface area contributed by atoms with Gasteiger partial charge in [0.25, 0.3) is 5.91 Å². The van der Waals surface area contributed by atoms with E-state index in [1.807, 2.05) is 25.1 Å². The van der Waals surface area contributed by atoms with E-state index in [0.717, 1.165) is 5.69 Å². The standard InChI is InChI=1S/C15H20N4O3/c1-18(2)9-8-16-13(20)14(21)17-12-10-6-4-5-7-11(10)19(3)15(12)22/h4-7,12H,8-9H2,1-3H3,(H,16,20)(H,17,21)/t12-/m0/s1. The smallest absolute Gasteiger partial charge is 0.310 e. The van der Waals surface area contributed by atoms with Crippen LogP contribution < -0.4 is 15.5 Å². The Morgan fingerprint density at radius 1 is 1.23 bits per heavy atom. The number of para-hydroxylation sites is 1. The summed E-state index contributed by atoms with van der Waals surface area (Å²) in [6, 6.07) is 6.37. The molecule has 0 radical (unpaired) electrons. The van der Waals surface area contributed by atoms with Crippen LogP contribution in [0.5, 0.6) is 0 Å². The number of nitrogens with zero attached hydrogens (tertiary/aromatic N) is 2. The molecule has 1 aromatic carbocycles. The fourth-order valence-corrected chi connectivity index (χ4v) is 2.29. The molecule has 0 spiro atoms. The molecule has 7 nitrogen and oxygen atoms in total. The van der Waals surface area contributed by atoms with Gasteiger partial charge in [0.15, 0.2) is 0 Å². The molecule has 0 saturated heterocycles. The Labute approximate surface area is 129 Å². The van der Waals surface area contributed by atoms with Crippen LogP contribution in [-0.4, -0.2) is 56.9 Å². The van der Waals surface area contributed by atoms with Crippen molar-refractivity contribution in [2.24, 2.45) is 0 Å². The Kier molecular flexibility index (Phi) is 4.77. The lowest BCUT2D eigenvalue weighted by Gasteiger charge is -2.14. The van der Waals surface area contributed by atoms with Gasteiger partial charge < -0.3 is 20.4 Å². The van der Waals surface area contributed by atoms with Crippen molar-refractivity contribution in [2.75, 3.05) is 39.1 Å². The van der Waals surface area contributed by atoms with Crippen LogP contribution in [0.3, 0.4) is 0 Å². The van der Waals surface area contributed by atoms with E-state index < -0.39 is 17.9 Å². The fourth-order valence-electron chi connectivity index (χ4n) is 2.29. The van der Waals surface area contributed by atoms with Gasteiger partial charge in [-0.25, -0.2) is 0 Å². The largest absolute Gasteiger partial charge is 0.347 e. The van der Waals surface area contributed by atoms with Crippen LogP contribution in [0.2, 0.25) is 0 Å². The molecule has 2 N–H and O–H groups in total. The maximum absolute atomic E-state index is 12.2. The van der Waals surface area contributed by atoms with Gasteiger partial charge in [0.1, 0.15) is 6.04 Å². The van der Waals surface area contributed by atoms with Gasteiger partial charge in [-0.1, -0.05) is 18.2 Å². The second-order valence-electron chi connectivity index (χ2n) is 5.42. The van der Waals surface area contributed by atoms with Gasteiger partial charge in [-0.3, -0.25) is 14.4 Å². The number of rotatable bonds is 4. The van der Waals surface area contributed by atoms with Crippen molar-refractivity contribution in [3.8, 4) is 0 Å². The van der Waals surface area contributed by atoms with Gasteiger partial charge in [0.2, 0.25) is 0 Å². The second kappa shape index (κ2) is 6.57. The highest BCUT2D eigenvalue weighted by Gasteiger charge is 2.36. The molecule has 0 saturated carbocycles. The first-order valence-corrected chi connectivity index (χ1v) is 7.01. The van der Waals surface area contributed by atoms with E-state index in [9.17, 15) is 14.4 Å². The van der Waals surface area contributed by atoms with Crippen molar-refractivity contribution in [2.45, 2.75) is 6.04 Å². The van der Waals surface area contributed by atoms with Crippen LogP contribution >= 0.6 is 0 Å². The fraction of sp³-hybridized carbons (Fsp3) is 0.400. The Hall–Kier alpha value is -2.41. The monoisotopic (exact) mass is 304 g/mol. The van der Waals surface area contributed by atoms with Crippen LogP contribution in [0.15, 0.2) is 24.3 Å². The van der Waals surface area contributed by atoms with E-state index in [1.54, 1.807) is 25.2 Å². The summed E-state index contributed by atoms with van der Waals surface area (Å²) in [5.74, 6) is -1.79. The Morgan fingerprint density at radius 2 is 1.91 bits per heavy atom. The van der Waals surface area contributed by atoms with Crippen molar-refractivity contribution in [1.29, 1.82) is 0 Å². The highest BCUT2D eigenvalue weighted by molar-refractivity contribution is 6.35. The number of anilines is 1. The topological polar surface area (TPSA) is 81.8 Å². The van der Waals surface area contributed by atoms with Crippen LogP contribution in [-0.2, 0) is 14.4 Å². The molecule has 1 aromatic rings. The maximum atomic E-state index is 12.2. The molecule has 7 heteroatoms. The summed E-state index contributed by atoms with van der Waals surface area (Å²) < 4.78 is 0. The van der Waals surface area contributed by atoms with Crippen LogP contribution in [0.4, 0.5) is 5.69 Å². The molecule has 1 heterocycles. The molecule has 2 rings (SSSR count). The molecule has 3 amide bonds. The molecule has 0 fully saturated rings. The molecule has 118 valence electrons. The molecule has 1 aliphatic rings. The first-order chi connectivity index (χ1) is 10.4. The van der Waals surface area contributed by atoms with Gasteiger partial charge in [-0.05, 0) is 20.2 Å². The number of nitrogens with one attached hydrogen (secondary N) is 2. The zero-order chi connectivity index (χ0) is 16.3. The molecule has 0 unspecified atom stereocenters. The first kappa shape index (κ1) is 16.0. The van der Waals surface area contributed by atoms with Crippen molar-refractivity contribution in [1.82, 2.24) is 15.5 Å². The first-order valence-electron chi connectivity index (χ1n) is 7.01. The summed E-state index contributed by atoms with van der Waals surface area (Å²) in [6.45, 7) is 1.00. The van der Waals surface area contributed by atoms with Gasteiger partial charge in [0, 0.05) is 31.4 Å². The minimum absolute atomic E-state index is 0.254.